The zero-order valence-electron chi connectivity index (χ0n) is 12.7. The Hall–Kier alpha value is -1.77. The number of hydrogen-bond acceptors (Lipinski definition) is 3. The summed E-state index contributed by atoms with van der Waals surface area (Å²) in [5.41, 5.74) is 1.50. The summed E-state index contributed by atoms with van der Waals surface area (Å²) >= 11 is 0. The van der Waals surface area contributed by atoms with Crippen molar-refractivity contribution in [3.8, 4) is 11.5 Å². The third-order valence-electron chi connectivity index (χ3n) is 4.86. The number of carbonyl (C=O) groups is 1. The maximum atomic E-state index is 11.9. The zero-order valence-corrected chi connectivity index (χ0v) is 12.7. The third kappa shape index (κ3) is 2.35. The molecule has 1 aromatic carbocycles. The van der Waals surface area contributed by atoms with E-state index in [1.807, 2.05) is 12.1 Å². The standard InChI is InChI=1S/C18H22O3/c1-4-5-11-8-15(20)17-13-10-12(19)6-7-14(13)18(2,3)21-16(17)9-11/h4,8-9,13-14,20H,1,5-7,10H2,2-3H3/t13-,14-/m0/s1. The summed E-state index contributed by atoms with van der Waals surface area (Å²) in [7, 11) is 0. The topological polar surface area (TPSA) is 46.5 Å². The molecule has 0 radical (unpaired) electrons. The lowest BCUT2D eigenvalue weighted by molar-refractivity contribution is -0.124. The summed E-state index contributed by atoms with van der Waals surface area (Å²) in [6.07, 6.45) is 4.47. The van der Waals surface area contributed by atoms with Crippen LogP contribution in [0.5, 0.6) is 11.5 Å². The van der Waals surface area contributed by atoms with E-state index < -0.39 is 0 Å². The monoisotopic (exact) mass is 286 g/mol. The number of allylic oxidation sites excluding steroid dienone is 1. The van der Waals surface area contributed by atoms with Crippen molar-refractivity contribution in [1.29, 1.82) is 0 Å². The van der Waals surface area contributed by atoms with Crippen molar-refractivity contribution in [3.63, 3.8) is 0 Å². The molecule has 21 heavy (non-hydrogen) atoms. The number of benzene rings is 1. The van der Waals surface area contributed by atoms with Crippen LogP contribution in [0.25, 0.3) is 0 Å². The van der Waals surface area contributed by atoms with Gasteiger partial charge in [0.1, 0.15) is 22.9 Å². The third-order valence-corrected chi connectivity index (χ3v) is 4.86. The van der Waals surface area contributed by atoms with E-state index in [2.05, 4.69) is 20.4 Å². The Morgan fingerprint density at radius 1 is 1.48 bits per heavy atom. The van der Waals surface area contributed by atoms with E-state index in [1.165, 1.54) is 0 Å². The molecule has 1 saturated carbocycles. The van der Waals surface area contributed by atoms with Gasteiger partial charge in [0, 0.05) is 30.2 Å². The average Bonchev–Trinajstić information content (AvgIpc) is 2.37. The summed E-state index contributed by atoms with van der Waals surface area (Å²) in [6, 6.07) is 3.76. The zero-order chi connectivity index (χ0) is 15.2. The van der Waals surface area contributed by atoms with Gasteiger partial charge in [-0.05, 0) is 44.4 Å². The number of aromatic hydroxyl groups is 1. The highest BCUT2D eigenvalue weighted by Gasteiger charge is 2.47. The Kier molecular flexibility index (Phi) is 3.31. The molecule has 0 bridgehead atoms. The van der Waals surface area contributed by atoms with Crippen molar-refractivity contribution in [2.75, 3.05) is 0 Å². The molecule has 0 saturated heterocycles. The van der Waals surface area contributed by atoms with Crippen molar-refractivity contribution < 1.29 is 14.6 Å². The van der Waals surface area contributed by atoms with Gasteiger partial charge >= 0.3 is 0 Å². The smallest absolute Gasteiger partial charge is 0.133 e. The van der Waals surface area contributed by atoms with Gasteiger partial charge in [-0.3, -0.25) is 4.79 Å². The molecule has 3 nitrogen and oxygen atoms in total. The predicted molar refractivity (Wildman–Crippen MR) is 81.8 cm³/mol. The van der Waals surface area contributed by atoms with Crippen LogP contribution in [0.4, 0.5) is 0 Å². The fourth-order valence-electron chi connectivity index (χ4n) is 3.91. The molecular weight excluding hydrogens is 264 g/mol. The number of fused-ring (bicyclic) bond motifs is 3. The van der Waals surface area contributed by atoms with E-state index in [0.717, 1.165) is 23.3 Å². The molecule has 3 rings (SSSR count). The lowest BCUT2D eigenvalue weighted by atomic mass is 9.66. The summed E-state index contributed by atoms with van der Waals surface area (Å²) in [5, 5.41) is 10.4. The number of ketones is 1. The molecule has 1 N–H and O–H groups in total. The second kappa shape index (κ2) is 4.90. The molecule has 2 atom stereocenters. The van der Waals surface area contributed by atoms with Crippen LogP contribution in [0.2, 0.25) is 0 Å². The molecule has 0 spiro atoms. The van der Waals surface area contributed by atoms with Gasteiger partial charge in [-0.1, -0.05) is 6.08 Å². The maximum Gasteiger partial charge on any atom is 0.133 e. The minimum Gasteiger partial charge on any atom is -0.508 e. The average molecular weight is 286 g/mol. The normalized spacial score (nSPS) is 26.5. The highest BCUT2D eigenvalue weighted by Crippen LogP contribution is 2.53. The van der Waals surface area contributed by atoms with Gasteiger partial charge in [-0.2, -0.15) is 0 Å². The van der Waals surface area contributed by atoms with Crippen molar-refractivity contribution in [1.82, 2.24) is 0 Å². The first-order valence-electron chi connectivity index (χ1n) is 7.60. The number of rotatable bonds is 2. The molecule has 3 heteroatoms. The van der Waals surface area contributed by atoms with Crippen LogP contribution < -0.4 is 4.74 Å². The van der Waals surface area contributed by atoms with Gasteiger partial charge in [-0.25, -0.2) is 0 Å². The summed E-state index contributed by atoms with van der Waals surface area (Å²) in [5.74, 6) is 1.62. The molecule has 0 unspecified atom stereocenters. The quantitative estimate of drug-likeness (QED) is 0.842. The number of ether oxygens (including phenoxy) is 1. The summed E-state index contributed by atoms with van der Waals surface area (Å²) in [4.78, 5) is 11.9. The van der Waals surface area contributed by atoms with Crippen LogP contribution in [0.3, 0.4) is 0 Å². The Balaban J connectivity index is 2.11. The van der Waals surface area contributed by atoms with Crippen LogP contribution in [-0.2, 0) is 11.2 Å². The van der Waals surface area contributed by atoms with Crippen LogP contribution in [0, 0.1) is 5.92 Å². The molecule has 2 aliphatic rings. The molecular formula is C18H22O3. The van der Waals surface area contributed by atoms with Crippen molar-refractivity contribution in [2.45, 2.75) is 51.0 Å². The molecule has 1 aliphatic carbocycles. The highest BCUT2D eigenvalue weighted by molar-refractivity contribution is 5.81. The van der Waals surface area contributed by atoms with E-state index in [-0.39, 0.29) is 29.0 Å². The summed E-state index contributed by atoms with van der Waals surface area (Å²) in [6.45, 7) is 7.90. The van der Waals surface area contributed by atoms with E-state index in [4.69, 9.17) is 4.74 Å². The van der Waals surface area contributed by atoms with E-state index in [0.29, 0.717) is 19.3 Å². The van der Waals surface area contributed by atoms with Crippen molar-refractivity contribution in [3.05, 3.63) is 35.9 Å². The minimum atomic E-state index is -0.308. The Morgan fingerprint density at radius 2 is 2.24 bits per heavy atom. The SMILES string of the molecule is C=CCc1cc(O)c2c(c1)OC(C)(C)[C@H]1CCC(=O)C[C@H]21. The largest absolute Gasteiger partial charge is 0.508 e. The number of Topliss-reactive ketones (excluding diaryl/α,β-unsaturated/α-hetero) is 1. The lowest BCUT2D eigenvalue weighted by Gasteiger charge is -2.47. The molecule has 1 fully saturated rings. The lowest BCUT2D eigenvalue weighted by Crippen LogP contribution is -2.47. The highest BCUT2D eigenvalue weighted by atomic mass is 16.5. The first-order valence-corrected chi connectivity index (χ1v) is 7.60. The second-order valence-electron chi connectivity index (χ2n) is 6.72. The Labute approximate surface area is 125 Å². The molecule has 0 amide bonds. The van der Waals surface area contributed by atoms with Crippen LogP contribution in [-0.4, -0.2) is 16.5 Å². The Bertz CT molecular complexity index is 601. The van der Waals surface area contributed by atoms with Crippen LogP contribution in [0.1, 0.15) is 50.2 Å². The summed E-state index contributed by atoms with van der Waals surface area (Å²) < 4.78 is 6.19. The van der Waals surface area contributed by atoms with E-state index in [9.17, 15) is 9.90 Å². The van der Waals surface area contributed by atoms with Crippen molar-refractivity contribution in [2.24, 2.45) is 5.92 Å². The van der Waals surface area contributed by atoms with Gasteiger partial charge in [0.2, 0.25) is 0 Å². The number of phenolic OH excluding ortho intramolecular Hbond substituents is 1. The predicted octanol–water partition coefficient (Wildman–Crippen LogP) is 3.74. The first-order chi connectivity index (χ1) is 9.92. The molecule has 0 aromatic heterocycles. The van der Waals surface area contributed by atoms with Gasteiger partial charge in [-0.15, -0.1) is 6.58 Å². The van der Waals surface area contributed by atoms with E-state index >= 15 is 0 Å². The second-order valence-corrected chi connectivity index (χ2v) is 6.72. The minimum absolute atomic E-state index is 0.0720. The molecule has 1 aliphatic heterocycles. The van der Waals surface area contributed by atoms with Crippen LogP contribution >= 0.6 is 0 Å². The maximum absolute atomic E-state index is 11.9. The van der Waals surface area contributed by atoms with Gasteiger partial charge in [0.25, 0.3) is 0 Å². The molecule has 112 valence electrons. The van der Waals surface area contributed by atoms with E-state index in [1.54, 1.807) is 6.07 Å². The Morgan fingerprint density at radius 3 is 2.95 bits per heavy atom. The number of carbonyl (C=O) groups excluding carboxylic acids is 1. The van der Waals surface area contributed by atoms with Crippen LogP contribution in [0.15, 0.2) is 24.8 Å². The number of hydrogen-bond donors (Lipinski definition) is 1. The van der Waals surface area contributed by atoms with Gasteiger partial charge in [0.05, 0.1) is 0 Å². The van der Waals surface area contributed by atoms with Crippen molar-refractivity contribution >= 4 is 5.78 Å². The number of phenols is 1. The fraction of sp³-hybridized carbons (Fsp3) is 0.500. The molecule has 1 aromatic rings. The fourth-order valence-corrected chi connectivity index (χ4v) is 3.91. The molecule has 1 heterocycles. The van der Waals surface area contributed by atoms with Gasteiger partial charge < -0.3 is 9.84 Å². The van der Waals surface area contributed by atoms with Gasteiger partial charge in [0.15, 0.2) is 0 Å². The first kappa shape index (κ1) is 14.2.